The van der Waals surface area contributed by atoms with E-state index in [1.165, 1.54) is 6.92 Å². The van der Waals surface area contributed by atoms with Gasteiger partial charge in [-0.25, -0.2) is 0 Å². The maximum Gasteiger partial charge on any atom is 0.216 e. The summed E-state index contributed by atoms with van der Waals surface area (Å²) in [5.41, 5.74) is 5.68. The van der Waals surface area contributed by atoms with Gasteiger partial charge < -0.3 is 11.1 Å². The van der Waals surface area contributed by atoms with Crippen LogP contribution in [0.5, 0.6) is 0 Å². The fourth-order valence-corrected chi connectivity index (χ4v) is 0.513. The molecule has 1 amide bonds. The fourth-order valence-electron chi connectivity index (χ4n) is 0.513. The molecule has 0 fully saturated rings. The molecule has 0 radical (unpaired) electrons. The van der Waals surface area contributed by atoms with E-state index >= 15 is 0 Å². The number of amides is 1. The molecule has 0 aromatic heterocycles. The van der Waals surface area contributed by atoms with Crippen LogP contribution in [-0.4, -0.2) is 18.5 Å². The molecule has 1 unspecified atom stereocenters. The Morgan fingerprint density at radius 3 is 2.36 bits per heavy atom. The first-order valence-electron chi connectivity index (χ1n) is 3.86. The fraction of sp³-hybridized carbons (Fsp3) is 0.875. The molecule has 0 aromatic carbocycles. The Labute approximate surface area is 68.3 Å². The second-order valence-electron chi connectivity index (χ2n) is 3.69. The van der Waals surface area contributed by atoms with Gasteiger partial charge in [0.05, 0.1) is 0 Å². The normalized spacial score (nSPS) is 14.3. The van der Waals surface area contributed by atoms with Crippen molar-refractivity contribution in [2.24, 2.45) is 11.1 Å². The average Bonchev–Trinajstić information content (AvgIpc) is 1.84. The van der Waals surface area contributed by atoms with E-state index < -0.39 is 0 Å². The minimum atomic E-state index is -0.0222. The molecule has 3 heteroatoms. The van der Waals surface area contributed by atoms with E-state index in [1.54, 1.807) is 0 Å². The Bertz CT molecular complexity index is 141. The Hall–Kier alpha value is -0.570. The Morgan fingerprint density at radius 2 is 2.09 bits per heavy atom. The zero-order valence-corrected chi connectivity index (χ0v) is 7.77. The van der Waals surface area contributed by atoms with Crippen molar-refractivity contribution in [1.82, 2.24) is 5.32 Å². The summed E-state index contributed by atoms with van der Waals surface area (Å²) in [6, 6.07) is 0.0920. The Balaban J connectivity index is 3.82. The van der Waals surface area contributed by atoms with Gasteiger partial charge in [-0.2, -0.15) is 0 Å². The van der Waals surface area contributed by atoms with Crippen LogP contribution in [0.4, 0.5) is 0 Å². The predicted octanol–water partition coefficient (Wildman–Crippen LogP) is 0.496. The largest absolute Gasteiger partial charge is 0.356 e. The lowest BCUT2D eigenvalue weighted by molar-refractivity contribution is -0.119. The lowest BCUT2D eigenvalue weighted by Crippen LogP contribution is -2.43. The minimum Gasteiger partial charge on any atom is -0.356 e. The number of hydrogen-bond acceptors (Lipinski definition) is 2. The molecule has 0 saturated carbocycles. The zero-order valence-electron chi connectivity index (χ0n) is 7.77. The van der Waals surface area contributed by atoms with Gasteiger partial charge in [-0.15, -0.1) is 0 Å². The summed E-state index contributed by atoms with van der Waals surface area (Å²) in [4.78, 5) is 10.6. The molecule has 0 aliphatic rings. The van der Waals surface area contributed by atoms with Crippen LogP contribution in [0.25, 0.3) is 0 Å². The molecule has 0 spiro atoms. The highest BCUT2D eigenvalue weighted by atomic mass is 16.1. The first-order valence-corrected chi connectivity index (χ1v) is 3.86. The third-order valence-electron chi connectivity index (χ3n) is 2.03. The molecule has 0 aromatic rings. The molecule has 11 heavy (non-hydrogen) atoms. The number of hydrogen-bond donors (Lipinski definition) is 2. The van der Waals surface area contributed by atoms with E-state index in [4.69, 9.17) is 5.73 Å². The van der Waals surface area contributed by atoms with Crippen LogP contribution in [0.15, 0.2) is 0 Å². The molecule has 0 aliphatic heterocycles. The first kappa shape index (κ1) is 10.4. The van der Waals surface area contributed by atoms with Gasteiger partial charge in [-0.3, -0.25) is 4.79 Å². The molecule has 0 saturated heterocycles. The van der Waals surface area contributed by atoms with Gasteiger partial charge in [0.25, 0.3) is 0 Å². The summed E-state index contributed by atoms with van der Waals surface area (Å²) < 4.78 is 0. The highest BCUT2D eigenvalue weighted by Crippen LogP contribution is 2.16. The van der Waals surface area contributed by atoms with Crippen LogP contribution in [0, 0.1) is 5.41 Å². The van der Waals surface area contributed by atoms with Gasteiger partial charge in [0, 0.05) is 19.5 Å². The van der Waals surface area contributed by atoms with Crippen molar-refractivity contribution in [3.8, 4) is 0 Å². The average molecular weight is 158 g/mol. The molecular weight excluding hydrogens is 140 g/mol. The second kappa shape index (κ2) is 3.72. The van der Waals surface area contributed by atoms with E-state index in [-0.39, 0.29) is 17.4 Å². The van der Waals surface area contributed by atoms with Crippen molar-refractivity contribution in [3.05, 3.63) is 0 Å². The van der Waals surface area contributed by atoms with Crippen molar-refractivity contribution in [2.45, 2.75) is 33.7 Å². The van der Waals surface area contributed by atoms with Crippen LogP contribution in [0.2, 0.25) is 0 Å². The number of carbonyl (C=O) groups is 1. The summed E-state index contributed by atoms with van der Waals surface area (Å²) in [5.74, 6) is -0.00118. The number of carbonyl (C=O) groups excluding carboxylic acids is 1. The van der Waals surface area contributed by atoms with Gasteiger partial charge in [0.2, 0.25) is 5.91 Å². The minimum absolute atomic E-state index is 0.00118. The molecule has 3 nitrogen and oxygen atoms in total. The van der Waals surface area contributed by atoms with E-state index in [9.17, 15) is 4.79 Å². The summed E-state index contributed by atoms with van der Waals surface area (Å²) in [5, 5.41) is 2.75. The smallest absolute Gasteiger partial charge is 0.216 e. The Kier molecular flexibility index (Phi) is 3.52. The quantitative estimate of drug-likeness (QED) is 0.628. The summed E-state index contributed by atoms with van der Waals surface area (Å²) in [7, 11) is 0. The van der Waals surface area contributed by atoms with Crippen LogP contribution < -0.4 is 11.1 Å². The predicted molar refractivity (Wildman–Crippen MR) is 46.1 cm³/mol. The second-order valence-corrected chi connectivity index (χ2v) is 3.69. The maximum atomic E-state index is 10.6. The highest BCUT2D eigenvalue weighted by Gasteiger charge is 2.22. The molecule has 0 heterocycles. The van der Waals surface area contributed by atoms with E-state index in [0.29, 0.717) is 6.54 Å². The van der Waals surface area contributed by atoms with Crippen molar-refractivity contribution in [2.75, 3.05) is 6.54 Å². The highest BCUT2D eigenvalue weighted by molar-refractivity contribution is 5.72. The monoisotopic (exact) mass is 158 g/mol. The number of nitrogens with two attached hydrogens (primary N) is 1. The molecule has 0 bridgehead atoms. The van der Waals surface area contributed by atoms with Crippen molar-refractivity contribution >= 4 is 5.91 Å². The molecule has 0 aliphatic carbocycles. The van der Waals surface area contributed by atoms with Crippen LogP contribution >= 0.6 is 0 Å². The summed E-state index contributed by atoms with van der Waals surface area (Å²) >= 11 is 0. The number of nitrogens with one attached hydrogen (secondary N) is 1. The van der Waals surface area contributed by atoms with Crippen LogP contribution in [0.3, 0.4) is 0 Å². The standard InChI is InChI=1S/C8H18N2O/c1-6(9)8(3,4)5-10-7(2)11/h6H,5,9H2,1-4H3,(H,10,11). The first-order chi connectivity index (χ1) is 4.86. The van der Waals surface area contributed by atoms with Gasteiger partial charge in [-0.1, -0.05) is 13.8 Å². The van der Waals surface area contributed by atoms with Crippen LogP contribution in [0.1, 0.15) is 27.7 Å². The lowest BCUT2D eigenvalue weighted by Gasteiger charge is -2.28. The Morgan fingerprint density at radius 1 is 1.64 bits per heavy atom. The van der Waals surface area contributed by atoms with Crippen LogP contribution in [-0.2, 0) is 4.79 Å². The van der Waals surface area contributed by atoms with E-state index in [1.807, 2.05) is 20.8 Å². The van der Waals surface area contributed by atoms with E-state index in [2.05, 4.69) is 5.32 Å². The molecular formula is C8H18N2O. The van der Waals surface area contributed by atoms with Gasteiger partial charge in [0.1, 0.15) is 0 Å². The van der Waals surface area contributed by atoms with Gasteiger partial charge in [-0.05, 0) is 12.3 Å². The van der Waals surface area contributed by atoms with E-state index in [0.717, 1.165) is 0 Å². The summed E-state index contributed by atoms with van der Waals surface area (Å²) in [6.45, 7) is 8.17. The molecule has 0 rings (SSSR count). The lowest BCUT2D eigenvalue weighted by atomic mass is 9.86. The topological polar surface area (TPSA) is 55.1 Å². The SMILES string of the molecule is CC(=O)NCC(C)(C)C(C)N. The van der Waals surface area contributed by atoms with Crippen molar-refractivity contribution in [3.63, 3.8) is 0 Å². The molecule has 1 atom stereocenters. The van der Waals surface area contributed by atoms with Crippen molar-refractivity contribution < 1.29 is 4.79 Å². The van der Waals surface area contributed by atoms with Crippen molar-refractivity contribution in [1.29, 1.82) is 0 Å². The maximum absolute atomic E-state index is 10.6. The zero-order chi connectivity index (χ0) is 9.07. The summed E-state index contributed by atoms with van der Waals surface area (Å²) in [6.07, 6.45) is 0. The number of rotatable bonds is 3. The van der Waals surface area contributed by atoms with Gasteiger partial charge >= 0.3 is 0 Å². The molecule has 3 N–H and O–H groups in total. The molecule has 66 valence electrons. The third kappa shape index (κ3) is 3.98. The van der Waals surface area contributed by atoms with Gasteiger partial charge in [0.15, 0.2) is 0 Å². The third-order valence-corrected chi connectivity index (χ3v) is 2.03.